The maximum atomic E-state index is 13.6. The van der Waals surface area contributed by atoms with Crippen LogP contribution in [0.15, 0.2) is 18.2 Å². The third kappa shape index (κ3) is 5.98. The van der Waals surface area contributed by atoms with E-state index in [4.69, 9.17) is 16.3 Å². The van der Waals surface area contributed by atoms with Crippen LogP contribution in [0.4, 0.5) is 0 Å². The number of thiophene rings is 2. The summed E-state index contributed by atoms with van der Waals surface area (Å²) in [7, 11) is 3.58. The fraction of sp³-hybridized carbons (Fsp3) is 0.522. The number of rotatable bonds is 7. The monoisotopic (exact) mass is 524 g/mol. The lowest BCUT2D eigenvalue weighted by molar-refractivity contribution is -0.124. The number of carbonyl (C=O) groups is 3. The molecule has 2 aliphatic rings. The third-order valence-electron chi connectivity index (χ3n) is 6.21. The van der Waals surface area contributed by atoms with E-state index in [9.17, 15) is 14.4 Å². The van der Waals surface area contributed by atoms with Gasteiger partial charge in [-0.05, 0) is 50.1 Å². The molecule has 2 N–H and O–H groups in total. The molecular weight excluding hydrogens is 496 g/mol. The van der Waals surface area contributed by atoms with Gasteiger partial charge in [-0.15, -0.1) is 22.7 Å². The molecule has 1 saturated heterocycles. The van der Waals surface area contributed by atoms with Crippen LogP contribution in [0.2, 0.25) is 4.34 Å². The molecule has 4 heterocycles. The molecule has 3 amide bonds. The quantitative estimate of drug-likeness (QED) is 0.580. The summed E-state index contributed by atoms with van der Waals surface area (Å²) in [5.74, 6) is -0.485. The number of amides is 3. The van der Waals surface area contributed by atoms with Crippen molar-refractivity contribution in [3.63, 3.8) is 0 Å². The molecule has 2 atom stereocenters. The smallest absolute Gasteiger partial charge is 0.264 e. The molecule has 8 nitrogen and oxygen atoms in total. The summed E-state index contributed by atoms with van der Waals surface area (Å²) in [5, 5.41) is 5.87. The van der Waals surface area contributed by atoms with E-state index < -0.39 is 0 Å². The van der Waals surface area contributed by atoms with Crippen molar-refractivity contribution in [1.29, 1.82) is 0 Å². The Morgan fingerprint density at radius 1 is 1.18 bits per heavy atom. The maximum Gasteiger partial charge on any atom is 0.264 e. The number of carbonyl (C=O) groups excluding carboxylic acids is 3. The number of hydrogen-bond acceptors (Lipinski definition) is 7. The van der Waals surface area contributed by atoms with Crippen molar-refractivity contribution in [3.05, 3.63) is 42.7 Å². The highest BCUT2D eigenvalue weighted by Gasteiger charge is 2.37. The Labute approximate surface area is 212 Å². The van der Waals surface area contributed by atoms with Gasteiger partial charge in [-0.3, -0.25) is 14.4 Å². The second kappa shape index (κ2) is 11.2. The van der Waals surface area contributed by atoms with E-state index in [1.165, 1.54) is 28.9 Å². The van der Waals surface area contributed by atoms with Gasteiger partial charge in [0.2, 0.25) is 5.91 Å². The molecule has 0 aliphatic carbocycles. The van der Waals surface area contributed by atoms with E-state index >= 15 is 0 Å². The average molecular weight is 525 g/mol. The number of likely N-dealkylation sites (tertiary alicyclic amines) is 1. The minimum Gasteiger partial charge on any atom is -0.375 e. The first-order valence-electron chi connectivity index (χ1n) is 11.3. The summed E-state index contributed by atoms with van der Waals surface area (Å²) < 4.78 is 5.44. The number of nitrogens with zero attached hydrogens (tertiary/aromatic N) is 2. The van der Waals surface area contributed by atoms with Gasteiger partial charge in [-0.1, -0.05) is 11.6 Å². The topological polar surface area (TPSA) is 91.0 Å². The lowest BCUT2D eigenvalue weighted by Crippen LogP contribution is -2.44. The van der Waals surface area contributed by atoms with Gasteiger partial charge in [-0.2, -0.15) is 0 Å². The molecule has 184 valence electrons. The number of methoxy groups -OCH3 is 1. The lowest BCUT2D eigenvalue weighted by atomic mass is 10.1. The zero-order valence-electron chi connectivity index (χ0n) is 19.3. The van der Waals surface area contributed by atoms with Crippen LogP contribution in [0.5, 0.6) is 0 Å². The third-order valence-corrected chi connectivity index (χ3v) is 8.66. The lowest BCUT2D eigenvalue weighted by Gasteiger charge is -2.24. The predicted octanol–water partition coefficient (Wildman–Crippen LogP) is 2.27. The van der Waals surface area contributed by atoms with Crippen molar-refractivity contribution >= 4 is 52.0 Å². The highest BCUT2D eigenvalue weighted by Crippen LogP contribution is 2.30. The van der Waals surface area contributed by atoms with Crippen LogP contribution in [0.3, 0.4) is 0 Å². The van der Waals surface area contributed by atoms with Gasteiger partial charge in [0.05, 0.1) is 20.1 Å². The average Bonchev–Trinajstić information content (AvgIpc) is 3.50. The molecule has 0 aromatic carbocycles. The molecule has 2 aromatic rings. The van der Waals surface area contributed by atoms with Crippen molar-refractivity contribution in [2.75, 3.05) is 46.9 Å². The molecule has 0 spiro atoms. The van der Waals surface area contributed by atoms with Crippen molar-refractivity contribution < 1.29 is 19.1 Å². The first-order valence-corrected chi connectivity index (χ1v) is 13.3. The van der Waals surface area contributed by atoms with E-state index in [1.54, 1.807) is 28.4 Å². The Kier molecular flexibility index (Phi) is 8.26. The van der Waals surface area contributed by atoms with Crippen LogP contribution >= 0.6 is 34.3 Å². The molecule has 0 bridgehead atoms. The Morgan fingerprint density at radius 2 is 1.97 bits per heavy atom. The van der Waals surface area contributed by atoms with Crippen LogP contribution in [0.1, 0.15) is 36.2 Å². The highest BCUT2D eigenvalue weighted by atomic mass is 35.5. The molecule has 11 heteroatoms. The highest BCUT2D eigenvalue weighted by molar-refractivity contribution is 7.18. The molecule has 0 radical (unpaired) electrons. The number of halogens is 1. The zero-order chi connectivity index (χ0) is 24.2. The van der Waals surface area contributed by atoms with E-state index in [2.05, 4.69) is 22.6 Å². The Balaban J connectivity index is 1.47. The largest absolute Gasteiger partial charge is 0.375 e. The Hall–Kier alpha value is -1.98. The van der Waals surface area contributed by atoms with E-state index in [0.29, 0.717) is 28.7 Å². The van der Waals surface area contributed by atoms with E-state index in [0.717, 1.165) is 30.8 Å². The van der Waals surface area contributed by atoms with Gasteiger partial charge in [0.25, 0.3) is 11.8 Å². The second-order valence-electron chi connectivity index (χ2n) is 8.72. The standard InChI is InChI=1S/C23H29ClN4O4S2/c1-27-7-5-14-9-19(33-17(14)6-8-27)23(31)28-12-15(10-16(28)11-25-21(29)13-32-2)26-22(30)18-3-4-20(24)34-18/h3-4,9,15-16H,5-8,10-13H2,1-2H3,(H,25,29)(H,26,30)/t15-,16?/m1/s1. The number of nitrogens with one attached hydrogen (secondary N) is 2. The van der Waals surface area contributed by atoms with Gasteiger partial charge in [0.1, 0.15) is 6.61 Å². The normalized spacial score (nSPS) is 20.6. The molecular formula is C23H29ClN4O4S2. The summed E-state index contributed by atoms with van der Waals surface area (Å²) in [5.41, 5.74) is 1.25. The Morgan fingerprint density at radius 3 is 2.71 bits per heavy atom. The maximum absolute atomic E-state index is 13.6. The predicted molar refractivity (Wildman–Crippen MR) is 134 cm³/mol. The SMILES string of the molecule is COCC(=O)NCC1C[C@@H](NC(=O)c2ccc(Cl)s2)CN1C(=O)c1cc2c(s1)CCN(C)CC2. The minimum atomic E-state index is -0.234. The molecule has 4 rings (SSSR count). The van der Waals surface area contributed by atoms with Crippen LogP contribution in [-0.2, 0) is 22.4 Å². The molecule has 1 unspecified atom stereocenters. The van der Waals surface area contributed by atoms with Crippen LogP contribution in [0, 0.1) is 0 Å². The van der Waals surface area contributed by atoms with Crippen LogP contribution < -0.4 is 10.6 Å². The number of likely N-dealkylation sites (N-methyl/N-ethyl adjacent to an activating group) is 1. The summed E-state index contributed by atoms with van der Waals surface area (Å²) in [4.78, 5) is 44.8. The first-order chi connectivity index (χ1) is 16.3. The van der Waals surface area contributed by atoms with Crippen LogP contribution in [-0.4, -0.2) is 86.5 Å². The fourth-order valence-electron chi connectivity index (χ4n) is 4.42. The van der Waals surface area contributed by atoms with E-state index in [-0.39, 0.29) is 36.4 Å². The van der Waals surface area contributed by atoms with Gasteiger partial charge >= 0.3 is 0 Å². The van der Waals surface area contributed by atoms with Gasteiger partial charge in [0, 0.05) is 44.2 Å². The molecule has 2 aromatic heterocycles. The summed E-state index contributed by atoms with van der Waals surface area (Å²) in [6.07, 6.45) is 2.44. The van der Waals surface area contributed by atoms with Crippen molar-refractivity contribution in [1.82, 2.24) is 20.4 Å². The van der Waals surface area contributed by atoms with Gasteiger partial charge < -0.3 is 25.2 Å². The first kappa shape index (κ1) is 25.1. The molecule has 34 heavy (non-hydrogen) atoms. The number of ether oxygens (including phenoxy) is 1. The van der Waals surface area contributed by atoms with Crippen LogP contribution in [0.25, 0.3) is 0 Å². The number of fused-ring (bicyclic) bond motifs is 1. The van der Waals surface area contributed by atoms with E-state index in [1.807, 2.05) is 6.07 Å². The summed E-state index contributed by atoms with van der Waals surface area (Å²) >= 11 is 8.76. The Bertz CT molecular complexity index is 1030. The molecule has 2 aliphatic heterocycles. The summed E-state index contributed by atoms with van der Waals surface area (Å²) in [6, 6.07) is 4.98. The fourth-order valence-corrected chi connectivity index (χ4v) is 6.53. The molecule has 1 fully saturated rings. The minimum absolute atomic E-state index is 0.0357. The zero-order valence-corrected chi connectivity index (χ0v) is 21.7. The van der Waals surface area contributed by atoms with Gasteiger partial charge in [-0.25, -0.2) is 0 Å². The second-order valence-corrected chi connectivity index (χ2v) is 11.6. The van der Waals surface area contributed by atoms with Crippen molar-refractivity contribution in [2.45, 2.75) is 31.3 Å². The van der Waals surface area contributed by atoms with Crippen molar-refractivity contribution in [3.8, 4) is 0 Å². The summed E-state index contributed by atoms with van der Waals surface area (Å²) in [6.45, 7) is 2.63. The molecule has 0 saturated carbocycles. The van der Waals surface area contributed by atoms with Gasteiger partial charge in [0.15, 0.2) is 0 Å². The van der Waals surface area contributed by atoms with Crippen molar-refractivity contribution in [2.24, 2.45) is 0 Å². The number of hydrogen-bond donors (Lipinski definition) is 2.